The van der Waals surface area contributed by atoms with Crippen molar-refractivity contribution in [1.29, 1.82) is 0 Å². The molecule has 244 valence electrons. The van der Waals surface area contributed by atoms with Gasteiger partial charge in [-0.3, -0.25) is 9.59 Å². The quantitative estimate of drug-likeness (QED) is 0.0692. The van der Waals surface area contributed by atoms with E-state index in [2.05, 4.69) is 15.4 Å². The van der Waals surface area contributed by atoms with Gasteiger partial charge in [0.1, 0.15) is 31.3 Å². The first-order valence-corrected chi connectivity index (χ1v) is 16.6. The molecule has 3 atom stereocenters. The summed E-state index contributed by atoms with van der Waals surface area (Å²) in [6, 6.07) is 19.7. The molecule has 3 N–H and O–H groups in total. The van der Waals surface area contributed by atoms with Gasteiger partial charge >= 0.3 is 41.6 Å². The predicted octanol–water partition coefficient (Wildman–Crippen LogP) is -2.52. The molecule has 0 radical (unpaired) electrons. The van der Waals surface area contributed by atoms with E-state index in [-0.39, 0.29) is 52.6 Å². The van der Waals surface area contributed by atoms with Gasteiger partial charge in [-0.15, -0.1) is 0 Å². The topological polar surface area (TPSA) is 217 Å². The van der Waals surface area contributed by atoms with Gasteiger partial charge in [0.25, 0.3) is 5.91 Å². The van der Waals surface area contributed by atoms with Crippen LogP contribution in [0.3, 0.4) is 0 Å². The SMILES string of the molecule is O=C(NC(CS(=O)(=O)NC(C(=O)NC1CN(S(=O)(=O)[O-])C1=O)c1ccccc1)C(=O)OCc1ccccc1)OCc1ccccc1.[Na+]. The first kappa shape index (κ1) is 37.6. The number of benzene rings is 3. The maximum atomic E-state index is 13.4. The first-order valence-electron chi connectivity index (χ1n) is 13.6. The van der Waals surface area contributed by atoms with E-state index in [9.17, 15) is 40.6 Å². The Morgan fingerprint density at radius 1 is 0.830 bits per heavy atom. The van der Waals surface area contributed by atoms with Crippen LogP contribution in [0.2, 0.25) is 0 Å². The summed E-state index contributed by atoms with van der Waals surface area (Å²) in [4.78, 5) is 51.0. The van der Waals surface area contributed by atoms with Crippen LogP contribution in [0.25, 0.3) is 0 Å². The summed E-state index contributed by atoms with van der Waals surface area (Å²) in [5, 5.41) is 4.43. The number of β-lactam (4-membered cyclic amide) rings is 1. The summed E-state index contributed by atoms with van der Waals surface area (Å²) in [5.41, 5.74) is 1.35. The van der Waals surface area contributed by atoms with Gasteiger partial charge in [-0.1, -0.05) is 91.0 Å². The molecule has 1 aliphatic heterocycles. The Morgan fingerprint density at radius 2 is 1.34 bits per heavy atom. The molecule has 3 unspecified atom stereocenters. The molecular weight excluding hydrogens is 667 g/mol. The Morgan fingerprint density at radius 3 is 1.85 bits per heavy atom. The standard InChI is InChI=1S/C29H30N4O11S2.Na/c34-26(30-23-16-33(27(23)35)46(40,41)42)25(22-14-8-3-9-15-22)32-45(38,39)19-24(28(36)43-17-20-10-4-1-5-11-20)31-29(37)44-18-21-12-6-2-7-13-21;/h1-15,23-25,32H,16-19H2,(H,30,34)(H,31,37)(H,40,41,42);/q;+1/p-1. The molecule has 0 aromatic heterocycles. The van der Waals surface area contributed by atoms with E-state index < -0.39 is 74.6 Å². The third-order valence-corrected chi connectivity index (χ3v) is 8.81. The minimum Gasteiger partial charge on any atom is -0.731 e. The Kier molecular flexibility index (Phi) is 13.5. The second-order valence-electron chi connectivity index (χ2n) is 9.98. The van der Waals surface area contributed by atoms with E-state index in [4.69, 9.17) is 9.47 Å². The van der Waals surface area contributed by atoms with Crippen LogP contribution in [0.1, 0.15) is 22.7 Å². The van der Waals surface area contributed by atoms with Crippen molar-refractivity contribution >= 4 is 44.2 Å². The fraction of sp³-hybridized carbons (Fsp3) is 0.241. The van der Waals surface area contributed by atoms with Crippen LogP contribution in [-0.2, 0) is 57.4 Å². The smallest absolute Gasteiger partial charge is 0.731 e. The summed E-state index contributed by atoms with van der Waals surface area (Å²) in [5.74, 6) is -4.42. The Labute approximate surface area is 293 Å². The molecule has 15 nitrogen and oxygen atoms in total. The number of hydrogen-bond donors (Lipinski definition) is 3. The first-order chi connectivity index (χ1) is 21.8. The number of hydrogen-bond acceptors (Lipinski definition) is 11. The van der Waals surface area contributed by atoms with Gasteiger partial charge in [0, 0.05) is 0 Å². The van der Waals surface area contributed by atoms with Crippen molar-refractivity contribution in [2.24, 2.45) is 0 Å². The van der Waals surface area contributed by atoms with Gasteiger partial charge in [-0.25, -0.2) is 30.7 Å². The van der Waals surface area contributed by atoms with E-state index in [1.165, 1.54) is 24.3 Å². The molecule has 4 rings (SSSR count). The third-order valence-electron chi connectivity index (χ3n) is 6.57. The monoisotopic (exact) mass is 696 g/mol. The number of nitrogens with zero attached hydrogens (tertiary/aromatic N) is 1. The fourth-order valence-corrected chi connectivity index (χ4v) is 6.27. The van der Waals surface area contributed by atoms with Gasteiger partial charge in [0.05, 0.1) is 12.3 Å². The van der Waals surface area contributed by atoms with Crippen molar-refractivity contribution in [3.63, 3.8) is 0 Å². The maximum absolute atomic E-state index is 13.4. The summed E-state index contributed by atoms with van der Waals surface area (Å²) in [7, 11) is -9.69. The van der Waals surface area contributed by atoms with Crippen LogP contribution in [0.15, 0.2) is 91.0 Å². The number of nitrogens with one attached hydrogen (secondary N) is 3. The molecular formula is C29H29N4NaO11S2. The molecule has 0 aliphatic carbocycles. The molecule has 3 aromatic rings. The molecule has 1 aliphatic rings. The number of carbonyl (C=O) groups is 4. The molecule has 0 spiro atoms. The second kappa shape index (κ2) is 16.8. The van der Waals surface area contributed by atoms with Crippen LogP contribution >= 0.6 is 0 Å². The predicted molar refractivity (Wildman–Crippen MR) is 159 cm³/mol. The van der Waals surface area contributed by atoms with Gasteiger partial charge in [-0.05, 0) is 16.7 Å². The van der Waals surface area contributed by atoms with Crippen LogP contribution in [0.4, 0.5) is 4.79 Å². The van der Waals surface area contributed by atoms with Crippen molar-refractivity contribution in [1.82, 2.24) is 19.7 Å². The number of alkyl carbamates (subject to hydrolysis) is 1. The van der Waals surface area contributed by atoms with Gasteiger partial charge in [0.15, 0.2) is 10.3 Å². The van der Waals surface area contributed by atoms with Crippen molar-refractivity contribution in [2.45, 2.75) is 31.3 Å². The van der Waals surface area contributed by atoms with E-state index in [1.54, 1.807) is 66.7 Å². The maximum Gasteiger partial charge on any atom is 1.00 e. The van der Waals surface area contributed by atoms with Crippen LogP contribution in [0.5, 0.6) is 0 Å². The second-order valence-corrected chi connectivity index (χ2v) is 13.1. The summed E-state index contributed by atoms with van der Waals surface area (Å²) in [6.45, 7) is -1.04. The van der Waals surface area contributed by atoms with Crippen LogP contribution in [0, 0.1) is 0 Å². The van der Waals surface area contributed by atoms with Crippen molar-refractivity contribution in [2.75, 3.05) is 12.3 Å². The van der Waals surface area contributed by atoms with Crippen molar-refractivity contribution < 1.29 is 79.6 Å². The van der Waals surface area contributed by atoms with Crippen molar-refractivity contribution in [3.8, 4) is 0 Å². The Bertz CT molecular complexity index is 1770. The largest absolute Gasteiger partial charge is 1.00 e. The van der Waals surface area contributed by atoms with E-state index in [0.717, 1.165) is 0 Å². The minimum atomic E-state index is -5.08. The zero-order chi connectivity index (χ0) is 33.3. The number of sulfonamides is 1. The van der Waals surface area contributed by atoms with E-state index >= 15 is 0 Å². The molecule has 1 heterocycles. The molecule has 47 heavy (non-hydrogen) atoms. The molecule has 3 amide bonds. The average Bonchev–Trinajstić information content (AvgIpc) is 3.03. The number of esters is 1. The molecule has 0 bridgehead atoms. The summed E-state index contributed by atoms with van der Waals surface area (Å²) >= 11 is 0. The zero-order valence-corrected chi connectivity index (χ0v) is 28.6. The number of ether oxygens (including phenoxy) is 2. The molecule has 18 heteroatoms. The minimum absolute atomic E-state index is 0. The van der Waals surface area contributed by atoms with Gasteiger partial charge in [0.2, 0.25) is 15.9 Å². The average molecular weight is 697 g/mol. The summed E-state index contributed by atoms with van der Waals surface area (Å²) < 4.78 is 72.8. The molecule has 0 saturated carbocycles. The molecule has 1 fully saturated rings. The summed E-state index contributed by atoms with van der Waals surface area (Å²) in [6.07, 6.45) is -1.11. The van der Waals surface area contributed by atoms with Crippen LogP contribution < -0.4 is 44.9 Å². The van der Waals surface area contributed by atoms with E-state index in [1.807, 2.05) is 0 Å². The fourth-order valence-electron chi connectivity index (χ4n) is 4.23. The number of rotatable bonds is 14. The molecule has 3 aromatic carbocycles. The molecule has 1 saturated heterocycles. The van der Waals surface area contributed by atoms with Crippen LogP contribution in [-0.4, -0.2) is 74.0 Å². The van der Waals surface area contributed by atoms with Gasteiger partial charge in [-0.2, -0.15) is 4.72 Å². The Balaban J connectivity index is 0.00000600. The third kappa shape index (κ3) is 11.1. The zero-order valence-electron chi connectivity index (χ0n) is 25.0. The van der Waals surface area contributed by atoms with E-state index in [0.29, 0.717) is 11.1 Å². The Hall–Kier alpha value is -3.84. The number of amides is 3. The normalized spacial score (nSPS) is 15.6. The number of carbonyl (C=O) groups excluding carboxylic acids is 4. The van der Waals surface area contributed by atoms with Crippen molar-refractivity contribution in [3.05, 3.63) is 108 Å². The van der Waals surface area contributed by atoms with Gasteiger partial charge < -0.3 is 24.7 Å².